The van der Waals surface area contributed by atoms with Crippen molar-refractivity contribution in [3.05, 3.63) is 109 Å². The molecule has 0 atom stereocenters. The largest absolute Gasteiger partial charge is 2.00 e. The van der Waals surface area contributed by atoms with E-state index in [1.807, 2.05) is 48.5 Å². The molecule has 310 valence electrons. The molecular weight excluding hydrogens is 1090 g/mol. The fourth-order valence-electron chi connectivity index (χ4n) is 7.32. The topological polar surface area (TPSA) is 115 Å². The van der Waals surface area contributed by atoms with Crippen LogP contribution in [-0.2, 0) is 24.9 Å². The first-order valence-electron chi connectivity index (χ1n) is 18.0. The average Bonchev–Trinajstić information content (AvgIpc) is 3.99. The summed E-state index contributed by atoms with van der Waals surface area (Å²) in [5.41, 5.74) is 1.78. The van der Waals surface area contributed by atoms with Crippen LogP contribution in [0.3, 0.4) is 0 Å². The molecule has 21 heteroatoms. The number of aromatic nitrogens is 8. The number of ether oxygens (including phenoxy) is 1. The Hall–Kier alpha value is -2.93. The van der Waals surface area contributed by atoms with Gasteiger partial charge in [0.1, 0.15) is 10.8 Å². The molecule has 2 aliphatic heterocycles. The number of rotatable bonds is 2. The van der Waals surface area contributed by atoms with Crippen LogP contribution in [-0.4, -0.2) is 29.9 Å². The van der Waals surface area contributed by atoms with Crippen LogP contribution < -0.4 is 14.7 Å². The van der Waals surface area contributed by atoms with Crippen LogP contribution in [0, 0.1) is 0 Å². The van der Waals surface area contributed by atoms with Gasteiger partial charge in [0.25, 0.3) is 0 Å². The quantitative estimate of drug-likeness (QED) is 0.0948. The van der Waals surface area contributed by atoms with Crippen LogP contribution in [0.2, 0.25) is 55.2 Å². The molecule has 8 bridgehead atoms. The zero-order valence-electron chi connectivity index (χ0n) is 32.0. The Morgan fingerprint density at radius 1 is 0.413 bits per heavy atom. The molecule has 0 N–H and O–H groups in total. The van der Waals surface area contributed by atoms with Crippen LogP contribution in [0.1, 0.15) is 26.3 Å². The number of benzene rings is 5. The van der Waals surface area contributed by atoms with Crippen molar-refractivity contribution in [2.45, 2.75) is 26.2 Å². The molecule has 0 fully saturated rings. The predicted molar refractivity (Wildman–Crippen MR) is 254 cm³/mol. The standard InChI is InChI=1S/C42H17Cl11N8O.Zn/c1-42(2,3)14-10-6-7-11-15(14)62-33-27(48)21-20(26(47)32(33)53)37-56-35-13-9-5-4-8-12(13)34(54-35)55-36-16-17(23(44)29(50)28(49)22(16)43)38(57-36)59-39-18-19(40(60-39)61-41(21)58-37)25(46)31(52)30(51)24(18)45;/h4-11H,1-3H3;/q-2;+2. The van der Waals surface area contributed by atoms with Gasteiger partial charge in [-0.1, -0.05) is 191 Å². The second-order valence-corrected chi connectivity index (χ2v) is 19.1. The van der Waals surface area contributed by atoms with Crippen molar-refractivity contribution < 1.29 is 24.2 Å². The van der Waals surface area contributed by atoms with Crippen LogP contribution in [0.5, 0.6) is 11.5 Å². The van der Waals surface area contributed by atoms with Gasteiger partial charge in [0.2, 0.25) is 0 Å². The summed E-state index contributed by atoms with van der Waals surface area (Å²) < 4.78 is 6.53. The summed E-state index contributed by atoms with van der Waals surface area (Å²) in [4.78, 5) is 39.0. The summed E-state index contributed by atoms with van der Waals surface area (Å²) in [6, 6.07) is 14.8. The summed E-state index contributed by atoms with van der Waals surface area (Å²) in [7, 11) is 0. The minimum Gasteiger partial charge on any atom is -0.454 e. The van der Waals surface area contributed by atoms with Crippen molar-refractivity contribution in [3.8, 4) is 57.1 Å². The van der Waals surface area contributed by atoms with Crippen molar-refractivity contribution in [2.75, 3.05) is 0 Å². The Kier molecular flexibility index (Phi) is 11.8. The minimum atomic E-state index is -0.319. The molecule has 0 aliphatic carbocycles. The van der Waals surface area contributed by atoms with Gasteiger partial charge in [-0.25, -0.2) is 9.97 Å². The van der Waals surface area contributed by atoms with E-state index in [4.69, 9.17) is 172 Å². The van der Waals surface area contributed by atoms with Gasteiger partial charge in [-0.2, -0.15) is 0 Å². The van der Waals surface area contributed by atoms with Crippen molar-refractivity contribution >= 4 is 172 Å². The smallest absolute Gasteiger partial charge is 0.454 e. The van der Waals surface area contributed by atoms with Gasteiger partial charge in [0.05, 0.1) is 73.5 Å². The van der Waals surface area contributed by atoms with Gasteiger partial charge in [0.15, 0.2) is 5.75 Å². The molecule has 5 heterocycles. The maximum atomic E-state index is 7.34. The normalized spacial score (nSPS) is 12.2. The van der Waals surface area contributed by atoms with E-state index in [-0.39, 0.29) is 165 Å². The Labute approximate surface area is 424 Å². The Bertz CT molecular complexity index is 3540. The SMILES string of the molecule is CC(C)(C)c1ccccc1Oc1c(Cl)c(Cl)c2c(c1Cl)-c1nc-2nc2[n-]c(nc3nc(nc4[n-]c(n1)c1c(Cl)c(Cl)c(Cl)c(Cl)c41)-c1c(Cl)c(Cl)c(Cl)c(Cl)c1-3)c1ccccc21.[Zn+2]. The average molecular weight is 1110 g/mol. The number of hydrogen-bond acceptors (Lipinski definition) is 7. The molecule has 5 aromatic carbocycles. The van der Waals surface area contributed by atoms with E-state index in [9.17, 15) is 0 Å². The number of fused-ring (bicyclic) bond motifs is 20. The maximum Gasteiger partial charge on any atom is 2.00 e. The minimum absolute atomic E-state index is 0. The van der Waals surface area contributed by atoms with E-state index in [2.05, 4.69) is 20.8 Å². The number of para-hydroxylation sites is 1. The second-order valence-electron chi connectivity index (χ2n) is 14.9. The fourth-order valence-corrected chi connectivity index (χ4v) is 10.2. The molecule has 0 saturated carbocycles. The first kappa shape index (κ1) is 45.2. The number of nitrogens with zero attached hydrogens (tertiary/aromatic N) is 8. The predicted octanol–water partition coefficient (Wildman–Crippen LogP) is 16.4. The van der Waals surface area contributed by atoms with Crippen molar-refractivity contribution in [1.82, 2.24) is 39.9 Å². The van der Waals surface area contributed by atoms with Crippen LogP contribution >= 0.6 is 128 Å². The van der Waals surface area contributed by atoms with Gasteiger partial charge in [-0.05, 0) is 22.3 Å². The number of hydrogen-bond donors (Lipinski definition) is 0. The first-order valence-corrected chi connectivity index (χ1v) is 22.1. The molecule has 0 amide bonds. The molecule has 0 spiro atoms. The van der Waals surface area contributed by atoms with E-state index in [0.717, 1.165) is 5.56 Å². The van der Waals surface area contributed by atoms with Crippen molar-refractivity contribution in [2.24, 2.45) is 0 Å². The zero-order valence-corrected chi connectivity index (χ0v) is 43.3. The van der Waals surface area contributed by atoms with E-state index in [1.54, 1.807) is 0 Å². The first-order chi connectivity index (χ1) is 29.5. The zero-order chi connectivity index (χ0) is 43.8. The van der Waals surface area contributed by atoms with E-state index >= 15 is 0 Å². The summed E-state index contributed by atoms with van der Waals surface area (Å²) in [5, 5.41) is 1.31. The van der Waals surface area contributed by atoms with E-state index in [1.165, 1.54) is 0 Å². The Balaban J connectivity index is 0.00000504. The van der Waals surface area contributed by atoms with E-state index in [0.29, 0.717) is 16.5 Å². The van der Waals surface area contributed by atoms with Gasteiger partial charge < -0.3 is 34.6 Å². The monoisotopic (exact) mass is 1100 g/mol. The maximum absolute atomic E-state index is 7.34. The summed E-state index contributed by atoms with van der Waals surface area (Å²) in [5.74, 6) is 0.635. The summed E-state index contributed by atoms with van der Waals surface area (Å²) in [6.45, 7) is 6.17. The van der Waals surface area contributed by atoms with Gasteiger partial charge in [0, 0.05) is 61.2 Å². The molecule has 0 saturated heterocycles. The molecule has 3 aromatic heterocycles. The Morgan fingerprint density at radius 2 is 0.778 bits per heavy atom. The summed E-state index contributed by atoms with van der Waals surface area (Å²) >= 11 is 75.8. The van der Waals surface area contributed by atoms with Crippen molar-refractivity contribution in [1.29, 1.82) is 0 Å². The van der Waals surface area contributed by atoms with E-state index < -0.39 is 0 Å². The van der Waals surface area contributed by atoms with Gasteiger partial charge in [-0.3, -0.25) is 0 Å². The second kappa shape index (κ2) is 16.4. The molecule has 9 nitrogen and oxygen atoms in total. The molecule has 0 radical (unpaired) electrons. The summed E-state index contributed by atoms with van der Waals surface area (Å²) in [6.07, 6.45) is 0. The molecular formula is C42H17Cl11N8OZn. The third-order valence-electron chi connectivity index (χ3n) is 10.2. The Morgan fingerprint density at radius 3 is 1.24 bits per heavy atom. The molecule has 10 rings (SSSR count). The molecule has 8 aromatic rings. The fraction of sp³-hybridized carbons (Fsp3) is 0.0952. The van der Waals surface area contributed by atoms with Crippen LogP contribution in [0.15, 0.2) is 48.5 Å². The van der Waals surface area contributed by atoms with Crippen LogP contribution in [0.25, 0.3) is 89.7 Å². The van der Waals surface area contributed by atoms with Crippen LogP contribution in [0.4, 0.5) is 0 Å². The third kappa shape index (κ3) is 7.06. The van der Waals surface area contributed by atoms with Crippen molar-refractivity contribution in [3.63, 3.8) is 0 Å². The third-order valence-corrected chi connectivity index (χ3v) is 15.0. The van der Waals surface area contributed by atoms with Gasteiger partial charge >= 0.3 is 19.5 Å². The number of halogens is 11. The molecule has 0 unspecified atom stereocenters. The molecule has 63 heavy (non-hydrogen) atoms. The molecule has 2 aliphatic rings. The van der Waals surface area contributed by atoms with Gasteiger partial charge in [-0.15, -0.1) is 0 Å².